The zero-order valence-electron chi connectivity index (χ0n) is 10.2. The Morgan fingerprint density at radius 3 is 2.28 bits per heavy atom. The molecule has 2 rings (SSSR count). The Morgan fingerprint density at radius 1 is 1.00 bits per heavy atom. The SMILES string of the molecule is Cc1ccc(-c2ccc(OC=O)c(C)c2)cc1F. The zero-order chi connectivity index (χ0) is 13.1. The average molecular weight is 244 g/mol. The summed E-state index contributed by atoms with van der Waals surface area (Å²) in [7, 11) is 0. The van der Waals surface area contributed by atoms with Gasteiger partial charge < -0.3 is 4.74 Å². The molecule has 92 valence electrons. The van der Waals surface area contributed by atoms with Crippen molar-refractivity contribution in [3.05, 3.63) is 53.3 Å². The molecule has 0 saturated heterocycles. The molecular formula is C15H13FO2. The zero-order valence-corrected chi connectivity index (χ0v) is 10.2. The quantitative estimate of drug-likeness (QED) is 0.770. The van der Waals surface area contributed by atoms with Gasteiger partial charge in [-0.2, -0.15) is 0 Å². The van der Waals surface area contributed by atoms with Gasteiger partial charge in [0.1, 0.15) is 11.6 Å². The van der Waals surface area contributed by atoms with Crippen LogP contribution in [0.3, 0.4) is 0 Å². The van der Waals surface area contributed by atoms with E-state index in [1.54, 1.807) is 25.1 Å². The Morgan fingerprint density at radius 2 is 1.67 bits per heavy atom. The molecule has 0 unspecified atom stereocenters. The van der Waals surface area contributed by atoms with Gasteiger partial charge in [-0.05, 0) is 54.3 Å². The first kappa shape index (κ1) is 12.3. The molecule has 0 heterocycles. The number of rotatable bonds is 3. The van der Waals surface area contributed by atoms with Crippen molar-refractivity contribution < 1.29 is 13.9 Å². The number of benzene rings is 2. The number of hydrogen-bond donors (Lipinski definition) is 0. The van der Waals surface area contributed by atoms with Crippen molar-refractivity contribution in [1.29, 1.82) is 0 Å². The summed E-state index contributed by atoms with van der Waals surface area (Å²) in [5.41, 5.74) is 3.15. The summed E-state index contributed by atoms with van der Waals surface area (Å²) in [4.78, 5) is 10.3. The maximum absolute atomic E-state index is 13.5. The van der Waals surface area contributed by atoms with Gasteiger partial charge in [0, 0.05) is 0 Å². The minimum absolute atomic E-state index is 0.224. The van der Waals surface area contributed by atoms with Crippen molar-refractivity contribution in [2.45, 2.75) is 13.8 Å². The van der Waals surface area contributed by atoms with Crippen LogP contribution in [0, 0.1) is 19.7 Å². The van der Waals surface area contributed by atoms with Gasteiger partial charge in [-0.3, -0.25) is 4.79 Å². The number of carbonyl (C=O) groups excluding carboxylic acids is 1. The highest BCUT2D eigenvalue weighted by atomic mass is 19.1. The first-order valence-electron chi connectivity index (χ1n) is 5.59. The van der Waals surface area contributed by atoms with Gasteiger partial charge >= 0.3 is 0 Å². The third kappa shape index (κ3) is 2.40. The fourth-order valence-corrected chi connectivity index (χ4v) is 1.79. The molecule has 0 atom stereocenters. The molecular weight excluding hydrogens is 231 g/mol. The van der Waals surface area contributed by atoms with Gasteiger partial charge in [-0.15, -0.1) is 0 Å². The number of ether oxygens (including phenoxy) is 1. The second kappa shape index (κ2) is 5.00. The first-order chi connectivity index (χ1) is 8.61. The molecule has 0 fully saturated rings. The summed E-state index contributed by atoms with van der Waals surface area (Å²) in [5, 5.41) is 0. The Labute approximate surface area is 105 Å². The van der Waals surface area contributed by atoms with Crippen LogP contribution in [-0.4, -0.2) is 6.47 Å². The number of carbonyl (C=O) groups is 1. The first-order valence-corrected chi connectivity index (χ1v) is 5.59. The fourth-order valence-electron chi connectivity index (χ4n) is 1.79. The predicted octanol–water partition coefficient (Wildman–Crippen LogP) is 3.64. The summed E-state index contributed by atoms with van der Waals surface area (Å²) in [6.07, 6.45) is 0. The maximum atomic E-state index is 13.5. The lowest BCUT2D eigenvalue weighted by Gasteiger charge is -2.07. The molecule has 0 aromatic heterocycles. The van der Waals surface area contributed by atoms with E-state index in [-0.39, 0.29) is 5.82 Å². The second-order valence-corrected chi connectivity index (χ2v) is 4.16. The maximum Gasteiger partial charge on any atom is 0.298 e. The molecule has 0 aliphatic rings. The second-order valence-electron chi connectivity index (χ2n) is 4.16. The van der Waals surface area contributed by atoms with Gasteiger partial charge in [0.15, 0.2) is 0 Å². The van der Waals surface area contributed by atoms with E-state index in [1.165, 1.54) is 6.07 Å². The van der Waals surface area contributed by atoms with Crippen LogP contribution in [0.1, 0.15) is 11.1 Å². The van der Waals surface area contributed by atoms with Crippen LogP contribution in [0.25, 0.3) is 11.1 Å². The molecule has 0 radical (unpaired) electrons. The molecule has 18 heavy (non-hydrogen) atoms. The summed E-state index contributed by atoms with van der Waals surface area (Å²) in [6, 6.07) is 10.5. The Kier molecular flexibility index (Phi) is 3.42. The molecule has 0 saturated carbocycles. The van der Waals surface area contributed by atoms with E-state index in [4.69, 9.17) is 4.74 Å². The summed E-state index contributed by atoms with van der Waals surface area (Å²) in [6.45, 7) is 3.96. The van der Waals surface area contributed by atoms with Crippen LogP contribution in [0.2, 0.25) is 0 Å². The third-order valence-corrected chi connectivity index (χ3v) is 2.86. The van der Waals surface area contributed by atoms with Gasteiger partial charge in [-0.25, -0.2) is 4.39 Å². The lowest BCUT2D eigenvalue weighted by atomic mass is 10.0. The summed E-state index contributed by atoms with van der Waals surface area (Å²) >= 11 is 0. The predicted molar refractivity (Wildman–Crippen MR) is 68.0 cm³/mol. The highest BCUT2D eigenvalue weighted by Crippen LogP contribution is 2.27. The molecule has 2 aromatic carbocycles. The molecule has 0 aliphatic heterocycles. The van der Waals surface area contributed by atoms with Gasteiger partial charge in [0.2, 0.25) is 0 Å². The van der Waals surface area contributed by atoms with Crippen LogP contribution in [0.15, 0.2) is 36.4 Å². The number of hydrogen-bond acceptors (Lipinski definition) is 2. The summed E-state index contributed by atoms with van der Waals surface area (Å²) < 4.78 is 18.3. The molecule has 0 bridgehead atoms. The van der Waals surface area contributed by atoms with E-state index in [0.717, 1.165) is 16.7 Å². The smallest absolute Gasteiger partial charge is 0.298 e. The Hall–Kier alpha value is -2.16. The Balaban J connectivity index is 2.42. The van der Waals surface area contributed by atoms with Crippen molar-refractivity contribution in [2.24, 2.45) is 0 Å². The monoisotopic (exact) mass is 244 g/mol. The topological polar surface area (TPSA) is 26.3 Å². The average Bonchev–Trinajstić information content (AvgIpc) is 2.35. The minimum Gasteiger partial charge on any atom is -0.428 e. The fraction of sp³-hybridized carbons (Fsp3) is 0.133. The van der Waals surface area contributed by atoms with Crippen LogP contribution in [0.5, 0.6) is 5.75 Å². The van der Waals surface area contributed by atoms with Crippen molar-refractivity contribution in [1.82, 2.24) is 0 Å². The lowest BCUT2D eigenvalue weighted by Crippen LogP contribution is -1.92. The normalized spacial score (nSPS) is 10.2. The number of aryl methyl sites for hydroxylation is 2. The molecule has 0 aliphatic carbocycles. The van der Waals surface area contributed by atoms with Gasteiger partial charge in [0.05, 0.1) is 0 Å². The van der Waals surface area contributed by atoms with Crippen molar-refractivity contribution in [3.8, 4) is 16.9 Å². The standard InChI is InChI=1S/C15H13FO2/c1-10-3-4-13(8-14(10)16)12-5-6-15(18-9-17)11(2)7-12/h3-9H,1-2H3. The van der Waals surface area contributed by atoms with Gasteiger partial charge in [-0.1, -0.05) is 18.2 Å². The van der Waals surface area contributed by atoms with Crippen LogP contribution in [-0.2, 0) is 4.79 Å². The third-order valence-electron chi connectivity index (χ3n) is 2.86. The van der Waals surface area contributed by atoms with E-state index in [1.807, 2.05) is 19.1 Å². The van der Waals surface area contributed by atoms with E-state index in [0.29, 0.717) is 17.8 Å². The van der Waals surface area contributed by atoms with Crippen LogP contribution in [0.4, 0.5) is 4.39 Å². The van der Waals surface area contributed by atoms with E-state index < -0.39 is 0 Å². The molecule has 0 N–H and O–H groups in total. The highest BCUT2D eigenvalue weighted by Gasteiger charge is 2.05. The summed E-state index contributed by atoms with van der Waals surface area (Å²) in [5.74, 6) is 0.291. The van der Waals surface area contributed by atoms with E-state index in [9.17, 15) is 9.18 Å². The van der Waals surface area contributed by atoms with Crippen molar-refractivity contribution in [3.63, 3.8) is 0 Å². The number of halogens is 1. The van der Waals surface area contributed by atoms with Crippen molar-refractivity contribution in [2.75, 3.05) is 0 Å². The van der Waals surface area contributed by atoms with E-state index >= 15 is 0 Å². The molecule has 0 spiro atoms. The van der Waals surface area contributed by atoms with Crippen LogP contribution >= 0.6 is 0 Å². The molecule has 3 heteroatoms. The van der Waals surface area contributed by atoms with E-state index in [2.05, 4.69) is 0 Å². The Bertz CT molecular complexity index is 591. The molecule has 0 amide bonds. The molecule has 2 aromatic rings. The highest BCUT2D eigenvalue weighted by molar-refractivity contribution is 5.66. The van der Waals surface area contributed by atoms with Gasteiger partial charge in [0.25, 0.3) is 6.47 Å². The largest absolute Gasteiger partial charge is 0.428 e. The molecule has 2 nitrogen and oxygen atoms in total. The minimum atomic E-state index is -0.224. The van der Waals surface area contributed by atoms with Crippen molar-refractivity contribution >= 4 is 6.47 Å². The lowest BCUT2D eigenvalue weighted by molar-refractivity contribution is -0.120. The van der Waals surface area contributed by atoms with Crippen LogP contribution < -0.4 is 4.74 Å².